The predicted octanol–water partition coefficient (Wildman–Crippen LogP) is 2.11. The van der Waals surface area contributed by atoms with Gasteiger partial charge in [0.05, 0.1) is 12.2 Å². The fourth-order valence-electron chi connectivity index (χ4n) is 1.81. The van der Waals surface area contributed by atoms with Crippen molar-refractivity contribution in [2.75, 3.05) is 6.61 Å². The van der Waals surface area contributed by atoms with Gasteiger partial charge in [-0.15, -0.1) is 12.3 Å². The number of ether oxygens (including phenoxy) is 1. The quantitative estimate of drug-likeness (QED) is 0.682. The minimum atomic E-state index is -0.239. The third-order valence-electron chi connectivity index (χ3n) is 2.72. The molecule has 1 fully saturated rings. The summed E-state index contributed by atoms with van der Waals surface area (Å²) in [5, 5.41) is 9.56. The second kappa shape index (κ2) is 6.86. The molecule has 0 saturated carbocycles. The van der Waals surface area contributed by atoms with Crippen LogP contribution in [0, 0.1) is 12.3 Å². The van der Waals surface area contributed by atoms with Crippen LogP contribution in [-0.2, 0) is 4.74 Å². The molecule has 1 aliphatic heterocycles. The van der Waals surface area contributed by atoms with E-state index in [0.29, 0.717) is 12.5 Å². The third-order valence-corrected chi connectivity index (χ3v) is 2.72. The zero-order valence-corrected chi connectivity index (χ0v) is 8.74. The Kier molecular flexibility index (Phi) is 5.66. The summed E-state index contributed by atoms with van der Waals surface area (Å²) >= 11 is 0. The highest BCUT2D eigenvalue weighted by Crippen LogP contribution is 2.18. The fourth-order valence-corrected chi connectivity index (χ4v) is 1.81. The molecule has 0 bridgehead atoms. The van der Waals surface area contributed by atoms with Crippen LogP contribution in [0.4, 0.5) is 0 Å². The Labute approximate surface area is 86.7 Å². The van der Waals surface area contributed by atoms with Gasteiger partial charge in [-0.05, 0) is 38.5 Å². The SMILES string of the molecule is C#CCCC(O)CCC1CCCCO1. The van der Waals surface area contributed by atoms with E-state index in [1.54, 1.807) is 0 Å². The van der Waals surface area contributed by atoms with Gasteiger partial charge in [0.1, 0.15) is 0 Å². The van der Waals surface area contributed by atoms with Crippen LogP contribution in [0.1, 0.15) is 44.9 Å². The van der Waals surface area contributed by atoms with Gasteiger partial charge in [-0.2, -0.15) is 0 Å². The Morgan fingerprint density at radius 1 is 1.43 bits per heavy atom. The molecule has 1 N–H and O–H groups in total. The van der Waals surface area contributed by atoms with Gasteiger partial charge in [0.2, 0.25) is 0 Å². The molecule has 2 nitrogen and oxygen atoms in total. The summed E-state index contributed by atoms with van der Waals surface area (Å²) in [6, 6.07) is 0. The molecule has 0 aromatic rings. The molecule has 0 spiro atoms. The second-order valence-electron chi connectivity index (χ2n) is 3.96. The van der Waals surface area contributed by atoms with Crippen LogP contribution < -0.4 is 0 Å². The molecular formula is C12H20O2. The van der Waals surface area contributed by atoms with E-state index in [0.717, 1.165) is 32.3 Å². The Morgan fingerprint density at radius 2 is 2.29 bits per heavy atom. The van der Waals surface area contributed by atoms with E-state index in [2.05, 4.69) is 5.92 Å². The molecular weight excluding hydrogens is 176 g/mol. The Hall–Kier alpha value is -0.520. The van der Waals surface area contributed by atoms with Crippen molar-refractivity contribution in [3.63, 3.8) is 0 Å². The highest BCUT2D eigenvalue weighted by molar-refractivity contribution is 4.84. The molecule has 1 heterocycles. The third kappa shape index (κ3) is 4.64. The van der Waals surface area contributed by atoms with Gasteiger partial charge in [0, 0.05) is 13.0 Å². The first kappa shape index (κ1) is 11.6. The zero-order chi connectivity index (χ0) is 10.2. The highest BCUT2D eigenvalue weighted by Gasteiger charge is 2.15. The van der Waals surface area contributed by atoms with E-state index >= 15 is 0 Å². The minimum absolute atomic E-state index is 0.239. The Balaban J connectivity index is 2.03. The normalized spacial score (nSPS) is 24.1. The first-order chi connectivity index (χ1) is 6.83. The standard InChI is InChI=1S/C12H20O2/c1-2-3-6-11(13)8-9-12-7-4-5-10-14-12/h1,11-13H,3-10H2. The monoisotopic (exact) mass is 196 g/mol. The lowest BCUT2D eigenvalue weighted by Gasteiger charge is -2.23. The molecule has 2 heteroatoms. The van der Waals surface area contributed by atoms with Gasteiger partial charge in [0.15, 0.2) is 0 Å². The molecule has 0 aromatic heterocycles. The van der Waals surface area contributed by atoms with Crippen molar-refractivity contribution in [3.05, 3.63) is 0 Å². The first-order valence-electron chi connectivity index (χ1n) is 5.56. The van der Waals surface area contributed by atoms with Crippen molar-refractivity contribution in [1.29, 1.82) is 0 Å². The first-order valence-corrected chi connectivity index (χ1v) is 5.56. The van der Waals surface area contributed by atoms with Gasteiger partial charge in [-0.25, -0.2) is 0 Å². The molecule has 0 radical (unpaired) electrons. The van der Waals surface area contributed by atoms with Crippen molar-refractivity contribution in [1.82, 2.24) is 0 Å². The summed E-state index contributed by atoms with van der Waals surface area (Å²) in [5.74, 6) is 2.55. The van der Waals surface area contributed by atoms with Gasteiger partial charge in [0.25, 0.3) is 0 Å². The van der Waals surface area contributed by atoms with Crippen LogP contribution in [0.2, 0.25) is 0 Å². The largest absolute Gasteiger partial charge is 0.393 e. The van der Waals surface area contributed by atoms with Crippen molar-refractivity contribution in [3.8, 4) is 12.3 Å². The summed E-state index contributed by atoms with van der Waals surface area (Å²) in [6.45, 7) is 0.894. The molecule has 0 aromatic carbocycles. The van der Waals surface area contributed by atoms with E-state index in [1.807, 2.05) is 0 Å². The summed E-state index contributed by atoms with van der Waals surface area (Å²) in [6.07, 6.45) is 12.1. The Morgan fingerprint density at radius 3 is 2.93 bits per heavy atom. The highest BCUT2D eigenvalue weighted by atomic mass is 16.5. The molecule has 0 aliphatic carbocycles. The molecule has 2 unspecified atom stereocenters. The van der Waals surface area contributed by atoms with Crippen LogP contribution in [-0.4, -0.2) is 23.9 Å². The molecule has 1 saturated heterocycles. The molecule has 80 valence electrons. The van der Waals surface area contributed by atoms with Crippen LogP contribution in [0.25, 0.3) is 0 Å². The van der Waals surface area contributed by atoms with Gasteiger partial charge >= 0.3 is 0 Å². The number of hydrogen-bond donors (Lipinski definition) is 1. The lowest BCUT2D eigenvalue weighted by atomic mass is 10.0. The van der Waals surface area contributed by atoms with Crippen LogP contribution in [0.15, 0.2) is 0 Å². The summed E-state index contributed by atoms with van der Waals surface area (Å²) < 4.78 is 5.58. The zero-order valence-electron chi connectivity index (χ0n) is 8.74. The van der Waals surface area contributed by atoms with Crippen molar-refractivity contribution < 1.29 is 9.84 Å². The van der Waals surface area contributed by atoms with E-state index in [-0.39, 0.29) is 6.10 Å². The van der Waals surface area contributed by atoms with Gasteiger partial charge in [-0.3, -0.25) is 0 Å². The van der Waals surface area contributed by atoms with Gasteiger partial charge < -0.3 is 9.84 Å². The van der Waals surface area contributed by atoms with E-state index in [9.17, 15) is 5.11 Å². The number of hydrogen-bond acceptors (Lipinski definition) is 2. The van der Waals surface area contributed by atoms with Gasteiger partial charge in [-0.1, -0.05) is 0 Å². The summed E-state index contributed by atoms with van der Waals surface area (Å²) in [7, 11) is 0. The lowest BCUT2D eigenvalue weighted by molar-refractivity contribution is 0.00186. The van der Waals surface area contributed by atoms with Crippen molar-refractivity contribution in [2.24, 2.45) is 0 Å². The second-order valence-corrected chi connectivity index (χ2v) is 3.96. The fraction of sp³-hybridized carbons (Fsp3) is 0.833. The molecule has 1 rings (SSSR count). The van der Waals surface area contributed by atoms with Crippen LogP contribution >= 0.6 is 0 Å². The number of rotatable bonds is 5. The molecule has 2 atom stereocenters. The van der Waals surface area contributed by atoms with Crippen LogP contribution in [0.3, 0.4) is 0 Å². The van der Waals surface area contributed by atoms with E-state index < -0.39 is 0 Å². The minimum Gasteiger partial charge on any atom is -0.393 e. The lowest BCUT2D eigenvalue weighted by Crippen LogP contribution is -2.21. The smallest absolute Gasteiger partial charge is 0.0576 e. The maximum Gasteiger partial charge on any atom is 0.0576 e. The summed E-state index contributed by atoms with van der Waals surface area (Å²) in [5.41, 5.74) is 0. The molecule has 1 aliphatic rings. The van der Waals surface area contributed by atoms with Crippen molar-refractivity contribution >= 4 is 0 Å². The maximum absolute atomic E-state index is 9.56. The maximum atomic E-state index is 9.56. The van der Waals surface area contributed by atoms with Crippen LogP contribution in [0.5, 0.6) is 0 Å². The Bertz CT molecular complexity index is 177. The average Bonchev–Trinajstić information content (AvgIpc) is 2.25. The van der Waals surface area contributed by atoms with E-state index in [4.69, 9.17) is 11.2 Å². The number of aliphatic hydroxyl groups is 1. The number of aliphatic hydroxyl groups excluding tert-OH is 1. The molecule has 0 amide bonds. The average molecular weight is 196 g/mol. The summed E-state index contributed by atoms with van der Waals surface area (Å²) in [4.78, 5) is 0. The van der Waals surface area contributed by atoms with E-state index in [1.165, 1.54) is 12.8 Å². The topological polar surface area (TPSA) is 29.5 Å². The number of terminal acetylenes is 1. The predicted molar refractivity (Wildman–Crippen MR) is 56.9 cm³/mol. The molecule has 14 heavy (non-hydrogen) atoms. The van der Waals surface area contributed by atoms with Crippen molar-refractivity contribution in [2.45, 2.75) is 57.2 Å².